The molecule has 3 aromatic carbocycles. The van der Waals surface area contributed by atoms with Crippen molar-refractivity contribution < 1.29 is 13.2 Å². The molecule has 4 rings (SSSR count). The first kappa shape index (κ1) is 26.2. The van der Waals surface area contributed by atoms with Crippen LogP contribution in [0.1, 0.15) is 46.3 Å². The Labute approximate surface area is 218 Å². The Bertz CT molecular complexity index is 1270. The zero-order chi connectivity index (χ0) is 25.5. The Balaban J connectivity index is 1.38. The van der Waals surface area contributed by atoms with Gasteiger partial charge in [0.15, 0.2) is 0 Å². The molecule has 0 unspecified atom stereocenters. The van der Waals surface area contributed by atoms with E-state index in [1.165, 1.54) is 35.4 Å². The van der Waals surface area contributed by atoms with Gasteiger partial charge in [0.05, 0.1) is 18.5 Å². The molecule has 8 heteroatoms. The number of piperidine rings is 1. The molecular weight excluding hydrogens is 494 g/mol. The number of amides is 1. The van der Waals surface area contributed by atoms with Crippen LogP contribution in [0.15, 0.2) is 72.8 Å². The molecular formula is C28H32ClN3O3S. The van der Waals surface area contributed by atoms with Gasteiger partial charge < -0.3 is 5.32 Å². The number of carbonyl (C=O) groups is 1. The van der Waals surface area contributed by atoms with Crippen LogP contribution in [0.3, 0.4) is 0 Å². The Morgan fingerprint density at radius 2 is 1.58 bits per heavy atom. The summed E-state index contributed by atoms with van der Waals surface area (Å²) in [6.07, 6.45) is 5.01. The predicted molar refractivity (Wildman–Crippen MR) is 146 cm³/mol. The molecule has 3 aromatic rings. The fraction of sp³-hybridized carbons (Fsp3) is 0.321. The van der Waals surface area contributed by atoms with Gasteiger partial charge in [-0.05, 0) is 79.0 Å². The lowest BCUT2D eigenvalue weighted by molar-refractivity contribution is 0.0951. The number of anilines is 1. The fourth-order valence-electron chi connectivity index (χ4n) is 4.43. The molecule has 1 aliphatic rings. The second-order valence-electron chi connectivity index (χ2n) is 9.28. The van der Waals surface area contributed by atoms with Crippen molar-refractivity contribution in [3.05, 3.63) is 100 Å². The minimum Gasteiger partial charge on any atom is -0.348 e. The van der Waals surface area contributed by atoms with E-state index in [4.69, 9.17) is 11.6 Å². The van der Waals surface area contributed by atoms with E-state index in [9.17, 15) is 13.2 Å². The van der Waals surface area contributed by atoms with Crippen LogP contribution in [-0.4, -0.2) is 38.6 Å². The predicted octanol–water partition coefficient (Wildman–Crippen LogP) is 5.22. The molecule has 1 heterocycles. The van der Waals surface area contributed by atoms with Gasteiger partial charge in [-0.2, -0.15) is 0 Å². The average molecular weight is 526 g/mol. The normalized spacial score (nSPS) is 14.4. The standard InChI is InChI=1S/C28H32ClN3O3S/c1-36(34,35)32(21-22-8-12-26(29)13-9-22)27-14-10-25(11-15-27)28(33)30-19-23-6-5-7-24(18-23)20-31-16-3-2-4-17-31/h5-15,18H,2-4,16-17,19-21H2,1H3,(H,30,33). The van der Waals surface area contributed by atoms with Crippen LogP contribution in [-0.2, 0) is 29.7 Å². The number of rotatable bonds is 9. The highest BCUT2D eigenvalue weighted by molar-refractivity contribution is 7.92. The summed E-state index contributed by atoms with van der Waals surface area (Å²) in [6, 6.07) is 22.0. The van der Waals surface area contributed by atoms with Gasteiger partial charge in [0.25, 0.3) is 5.91 Å². The van der Waals surface area contributed by atoms with Gasteiger partial charge in [-0.15, -0.1) is 0 Å². The van der Waals surface area contributed by atoms with Crippen molar-refractivity contribution in [1.82, 2.24) is 10.2 Å². The first-order chi connectivity index (χ1) is 17.3. The maximum atomic E-state index is 12.8. The number of nitrogens with zero attached hydrogens (tertiary/aromatic N) is 2. The van der Waals surface area contributed by atoms with Gasteiger partial charge in [-0.25, -0.2) is 8.42 Å². The molecule has 6 nitrogen and oxygen atoms in total. The number of sulfonamides is 1. The van der Waals surface area contributed by atoms with Gasteiger partial charge in [0, 0.05) is 23.7 Å². The fourth-order valence-corrected chi connectivity index (χ4v) is 5.45. The van der Waals surface area contributed by atoms with E-state index >= 15 is 0 Å². The van der Waals surface area contributed by atoms with Crippen LogP contribution in [0.5, 0.6) is 0 Å². The lowest BCUT2D eigenvalue weighted by Gasteiger charge is -2.26. The number of hydrogen-bond donors (Lipinski definition) is 1. The van der Waals surface area contributed by atoms with E-state index in [2.05, 4.69) is 22.3 Å². The largest absolute Gasteiger partial charge is 0.348 e. The van der Waals surface area contributed by atoms with Crippen molar-refractivity contribution in [2.45, 2.75) is 38.9 Å². The summed E-state index contributed by atoms with van der Waals surface area (Å²) in [5.74, 6) is -0.202. The van der Waals surface area contributed by atoms with Crippen LogP contribution >= 0.6 is 11.6 Å². The topological polar surface area (TPSA) is 69.7 Å². The molecule has 0 aromatic heterocycles. The third-order valence-corrected chi connectivity index (χ3v) is 7.75. The van der Waals surface area contributed by atoms with Crippen molar-refractivity contribution in [2.24, 2.45) is 0 Å². The van der Waals surface area contributed by atoms with Crippen molar-refractivity contribution >= 4 is 33.2 Å². The Morgan fingerprint density at radius 3 is 2.25 bits per heavy atom. The van der Waals surface area contributed by atoms with Crippen molar-refractivity contribution in [3.8, 4) is 0 Å². The number of benzene rings is 3. The minimum atomic E-state index is -3.52. The van der Waals surface area contributed by atoms with E-state index in [-0.39, 0.29) is 12.5 Å². The number of halogens is 1. The third kappa shape index (κ3) is 7.32. The summed E-state index contributed by atoms with van der Waals surface area (Å²) in [6.45, 7) is 3.84. The number of nitrogens with one attached hydrogen (secondary N) is 1. The SMILES string of the molecule is CS(=O)(=O)N(Cc1ccc(Cl)cc1)c1ccc(C(=O)NCc2cccc(CN3CCCCC3)c2)cc1. The second-order valence-corrected chi connectivity index (χ2v) is 11.6. The quantitative estimate of drug-likeness (QED) is 0.415. The van der Waals surface area contributed by atoms with Gasteiger partial charge in [0.1, 0.15) is 0 Å². The van der Waals surface area contributed by atoms with E-state index in [0.717, 1.165) is 30.8 Å². The molecule has 1 amide bonds. The molecule has 0 radical (unpaired) electrons. The maximum absolute atomic E-state index is 12.8. The van der Waals surface area contributed by atoms with Gasteiger partial charge in [0.2, 0.25) is 10.0 Å². The monoisotopic (exact) mass is 525 g/mol. The molecule has 0 aliphatic carbocycles. The van der Waals surface area contributed by atoms with E-state index in [0.29, 0.717) is 22.8 Å². The zero-order valence-electron chi connectivity index (χ0n) is 20.5. The van der Waals surface area contributed by atoms with Crippen LogP contribution in [0.2, 0.25) is 5.02 Å². The molecule has 0 saturated carbocycles. The molecule has 1 aliphatic heterocycles. The molecule has 190 valence electrons. The van der Waals surface area contributed by atoms with E-state index in [1.54, 1.807) is 48.5 Å². The first-order valence-corrected chi connectivity index (χ1v) is 14.4. The lowest BCUT2D eigenvalue weighted by Crippen LogP contribution is -2.29. The second kappa shape index (κ2) is 11.9. The van der Waals surface area contributed by atoms with Gasteiger partial charge >= 0.3 is 0 Å². The molecule has 0 atom stereocenters. The molecule has 0 spiro atoms. The van der Waals surface area contributed by atoms with Crippen LogP contribution in [0.4, 0.5) is 5.69 Å². The van der Waals surface area contributed by atoms with Crippen molar-refractivity contribution in [1.29, 1.82) is 0 Å². The van der Waals surface area contributed by atoms with Crippen LogP contribution in [0.25, 0.3) is 0 Å². The third-order valence-electron chi connectivity index (χ3n) is 6.36. The Kier molecular flexibility index (Phi) is 8.67. The average Bonchev–Trinajstić information content (AvgIpc) is 2.87. The van der Waals surface area contributed by atoms with Crippen LogP contribution < -0.4 is 9.62 Å². The molecule has 1 saturated heterocycles. The number of hydrogen-bond acceptors (Lipinski definition) is 4. The zero-order valence-corrected chi connectivity index (χ0v) is 22.1. The van der Waals surface area contributed by atoms with E-state index < -0.39 is 10.0 Å². The highest BCUT2D eigenvalue weighted by atomic mass is 35.5. The maximum Gasteiger partial charge on any atom is 0.251 e. The van der Waals surface area contributed by atoms with Crippen molar-refractivity contribution in [2.75, 3.05) is 23.7 Å². The summed E-state index contributed by atoms with van der Waals surface area (Å²) < 4.78 is 26.2. The number of carbonyl (C=O) groups excluding carboxylic acids is 1. The summed E-state index contributed by atoms with van der Waals surface area (Å²) in [7, 11) is -3.52. The summed E-state index contributed by atoms with van der Waals surface area (Å²) in [5, 5.41) is 3.56. The van der Waals surface area contributed by atoms with Gasteiger partial charge in [-0.1, -0.05) is 54.4 Å². The highest BCUT2D eigenvalue weighted by Gasteiger charge is 2.18. The first-order valence-electron chi connectivity index (χ1n) is 12.2. The smallest absolute Gasteiger partial charge is 0.251 e. The molecule has 36 heavy (non-hydrogen) atoms. The molecule has 1 N–H and O–H groups in total. The van der Waals surface area contributed by atoms with E-state index in [1.807, 2.05) is 12.1 Å². The highest BCUT2D eigenvalue weighted by Crippen LogP contribution is 2.22. The minimum absolute atomic E-state index is 0.176. The summed E-state index contributed by atoms with van der Waals surface area (Å²) in [5.41, 5.74) is 4.10. The van der Waals surface area contributed by atoms with Crippen LogP contribution in [0, 0.1) is 0 Å². The van der Waals surface area contributed by atoms with Crippen molar-refractivity contribution in [3.63, 3.8) is 0 Å². The number of likely N-dealkylation sites (tertiary alicyclic amines) is 1. The lowest BCUT2D eigenvalue weighted by atomic mass is 10.1. The Hall–Kier alpha value is -2.87. The summed E-state index contributed by atoms with van der Waals surface area (Å²) >= 11 is 5.94. The molecule has 0 bridgehead atoms. The molecule has 1 fully saturated rings. The van der Waals surface area contributed by atoms with Gasteiger partial charge in [-0.3, -0.25) is 14.0 Å². The Morgan fingerprint density at radius 1 is 0.917 bits per heavy atom. The summed E-state index contributed by atoms with van der Waals surface area (Å²) in [4.78, 5) is 15.2.